The number of alkyl halides is 3. The highest BCUT2D eigenvalue weighted by Crippen LogP contribution is 2.30. The van der Waals surface area contributed by atoms with Crippen LogP contribution in [0, 0.1) is 5.82 Å². The van der Waals surface area contributed by atoms with Crippen LogP contribution in [0.5, 0.6) is 11.5 Å². The van der Waals surface area contributed by atoms with Crippen molar-refractivity contribution in [3.63, 3.8) is 0 Å². The number of halogens is 4. The summed E-state index contributed by atoms with van der Waals surface area (Å²) < 4.78 is 60.8. The Kier molecular flexibility index (Phi) is 6.98. The molecule has 0 aliphatic carbocycles. The average Bonchev–Trinajstić information content (AvgIpc) is 2.71. The Morgan fingerprint density at radius 1 is 0.733 bits per heavy atom. The molecule has 2 nitrogen and oxygen atoms in total. The zero-order chi connectivity index (χ0) is 21.6. The van der Waals surface area contributed by atoms with E-state index in [1.165, 1.54) is 18.2 Å². The molecular weight excluding hydrogens is 396 g/mol. The first-order valence-electron chi connectivity index (χ1n) is 9.74. The quantitative estimate of drug-likeness (QED) is 0.277. The smallest absolute Gasteiger partial charge is 0.493 e. The summed E-state index contributed by atoms with van der Waals surface area (Å²) in [5.74, 6) is -0.142. The Morgan fingerprint density at radius 2 is 1.30 bits per heavy atom. The van der Waals surface area contributed by atoms with Gasteiger partial charge in [0.25, 0.3) is 0 Å². The van der Waals surface area contributed by atoms with Crippen molar-refractivity contribution in [1.82, 2.24) is 0 Å². The fourth-order valence-corrected chi connectivity index (χ4v) is 3.05. The molecule has 158 valence electrons. The molecule has 0 aliphatic heterocycles. The van der Waals surface area contributed by atoms with E-state index < -0.39 is 6.36 Å². The van der Waals surface area contributed by atoms with Gasteiger partial charge in [0.05, 0.1) is 6.61 Å². The van der Waals surface area contributed by atoms with Gasteiger partial charge < -0.3 is 9.47 Å². The molecule has 0 N–H and O–H groups in total. The fourth-order valence-electron chi connectivity index (χ4n) is 3.05. The summed E-state index contributed by atoms with van der Waals surface area (Å²) in [6, 6.07) is 17.6. The summed E-state index contributed by atoms with van der Waals surface area (Å²) in [7, 11) is 0. The van der Waals surface area contributed by atoms with Crippen LogP contribution in [0.25, 0.3) is 22.3 Å². The molecule has 0 atom stereocenters. The third kappa shape index (κ3) is 5.99. The van der Waals surface area contributed by atoms with E-state index in [0.29, 0.717) is 23.5 Å². The maximum absolute atomic E-state index is 14.5. The Hall–Kier alpha value is -3.02. The molecule has 3 rings (SSSR count). The normalized spacial score (nSPS) is 11.4. The first-order chi connectivity index (χ1) is 14.4. The standard InChI is InChI=1S/C24H22F4O2/c1-2-3-4-15-29-21-13-14-22(23(25)16-21)19-7-5-17(6-8-19)18-9-11-20(12-10-18)30-24(26,27)28/h5-14,16H,2-4,15H2,1H3. The molecule has 0 unspecified atom stereocenters. The van der Waals surface area contributed by atoms with Crippen LogP contribution in [0.4, 0.5) is 17.6 Å². The van der Waals surface area contributed by atoms with Gasteiger partial charge in [-0.25, -0.2) is 4.39 Å². The Labute approximate surface area is 173 Å². The summed E-state index contributed by atoms with van der Waals surface area (Å²) in [5.41, 5.74) is 2.68. The largest absolute Gasteiger partial charge is 0.573 e. The van der Waals surface area contributed by atoms with E-state index in [-0.39, 0.29) is 11.6 Å². The summed E-state index contributed by atoms with van der Waals surface area (Å²) in [6.45, 7) is 2.67. The lowest BCUT2D eigenvalue weighted by molar-refractivity contribution is -0.274. The van der Waals surface area contributed by atoms with E-state index in [1.54, 1.807) is 48.5 Å². The average molecular weight is 418 g/mol. The van der Waals surface area contributed by atoms with Gasteiger partial charge in [-0.15, -0.1) is 13.2 Å². The first-order valence-corrected chi connectivity index (χ1v) is 9.74. The number of hydrogen-bond donors (Lipinski definition) is 0. The Morgan fingerprint density at radius 3 is 1.87 bits per heavy atom. The first kappa shape index (κ1) is 21.7. The topological polar surface area (TPSA) is 18.5 Å². The van der Waals surface area contributed by atoms with Gasteiger partial charge >= 0.3 is 6.36 Å². The lowest BCUT2D eigenvalue weighted by atomic mass is 10.00. The van der Waals surface area contributed by atoms with Crippen molar-refractivity contribution < 1.29 is 27.0 Å². The second-order valence-electron chi connectivity index (χ2n) is 6.85. The van der Waals surface area contributed by atoms with Gasteiger partial charge in [-0.05, 0) is 47.4 Å². The molecule has 0 spiro atoms. The van der Waals surface area contributed by atoms with E-state index in [2.05, 4.69) is 11.7 Å². The van der Waals surface area contributed by atoms with Crippen LogP contribution >= 0.6 is 0 Å². The molecule has 0 aromatic heterocycles. The lowest BCUT2D eigenvalue weighted by Gasteiger charge is -2.10. The second kappa shape index (κ2) is 9.65. The molecule has 0 saturated heterocycles. The number of hydrogen-bond acceptors (Lipinski definition) is 2. The Balaban J connectivity index is 1.69. The third-order valence-electron chi connectivity index (χ3n) is 4.57. The highest BCUT2D eigenvalue weighted by Gasteiger charge is 2.30. The van der Waals surface area contributed by atoms with Gasteiger partial charge in [-0.1, -0.05) is 56.2 Å². The van der Waals surface area contributed by atoms with Crippen LogP contribution in [-0.2, 0) is 0 Å². The van der Waals surface area contributed by atoms with Crippen molar-refractivity contribution >= 4 is 0 Å². The van der Waals surface area contributed by atoms with Crippen molar-refractivity contribution in [2.24, 2.45) is 0 Å². The van der Waals surface area contributed by atoms with Crippen LogP contribution in [0.3, 0.4) is 0 Å². The number of ether oxygens (including phenoxy) is 2. The zero-order valence-corrected chi connectivity index (χ0v) is 16.5. The van der Waals surface area contributed by atoms with E-state index >= 15 is 0 Å². The minimum absolute atomic E-state index is 0.276. The van der Waals surface area contributed by atoms with Gasteiger partial charge in [0.15, 0.2) is 0 Å². The van der Waals surface area contributed by atoms with Crippen LogP contribution < -0.4 is 9.47 Å². The minimum atomic E-state index is -4.72. The summed E-state index contributed by atoms with van der Waals surface area (Å²) in [5, 5.41) is 0. The molecule has 6 heteroatoms. The highest BCUT2D eigenvalue weighted by atomic mass is 19.4. The Bertz CT molecular complexity index is 948. The maximum atomic E-state index is 14.5. The highest BCUT2D eigenvalue weighted by molar-refractivity contribution is 5.71. The summed E-state index contributed by atoms with van der Waals surface area (Å²) in [4.78, 5) is 0. The summed E-state index contributed by atoms with van der Waals surface area (Å²) in [6.07, 6.45) is -1.61. The third-order valence-corrected chi connectivity index (χ3v) is 4.57. The van der Waals surface area contributed by atoms with Crippen molar-refractivity contribution in [1.29, 1.82) is 0 Å². The van der Waals surface area contributed by atoms with Crippen LogP contribution in [0.15, 0.2) is 66.7 Å². The van der Waals surface area contributed by atoms with Crippen LogP contribution in [0.1, 0.15) is 26.2 Å². The number of unbranched alkanes of at least 4 members (excludes halogenated alkanes) is 2. The fraction of sp³-hybridized carbons (Fsp3) is 0.250. The molecule has 3 aromatic carbocycles. The van der Waals surface area contributed by atoms with Gasteiger partial charge in [-0.2, -0.15) is 0 Å². The van der Waals surface area contributed by atoms with Crippen molar-refractivity contribution in [2.75, 3.05) is 6.61 Å². The maximum Gasteiger partial charge on any atom is 0.573 e. The molecule has 30 heavy (non-hydrogen) atoms. The second-order valence-corrected chi connectivity index (χ2v) is 6.85. The predicted octanol–water partition coefficient (Wildman–Crippen LogP) is 7.63. The molecule has 0 aliphatic rings. The van der Waals surface area contributed by atoms with Crippen molar-refractivity contribution in [3.8, 4) is 33.8 Å². The van der Waals surface area contributed by atoms with Gasteiger partial charge in [0.2, 0.25) is 0 Å². The van der Waals surface area contributed by atoms with Gasteiger partial charge in [0, 0.05) is 11.6 Å². The van der Waals surface area contributed by atoms with E-state index in [0.717, 1.165) is 30.4 Å². The van der Waals surface area contributed by atoms with Crippen molar-refractivity contribution in [2.45, 2.75) is 32.5 Å². The molecule has 0 amide bonds. The van der Waals surface area contributed by atoms with Crippen LogP contribution in [0.2, 0.25) is 0 Å². The number of benzene rings is 3. The lowest BCUT2D eigenvalue weighted by Crippen LogP contribution is -2.16. The zero-order valence-electron chi connectivity index (χ0n) is 16.5. The minimum Gasteiger partial charge on any atom is -0.493 e. The van der Waals surface area contributed by atoms with E-state index in [1.807, 2.05) is 0 Å². The monoisotopic (exact) mass is 418 g/mol. The number of rotatable bonds is 8. The molecule has 0 saturated carbocycles. The van der Waals surface area contributed by atoms with Crippen LogP contribution in [-0.4, -0.2) is 13.0 Å². The van der Waals surface area contributed by atoms with E-state index in [4.69, 9.17) is 4.74 Å². The molecule has 0 bridgehead atoms. The van der Waals surface area contributed by atoms with Crippen molar-refractivity contribution in [3.05, 3.63) is 72.5 Å². The molecule has 0 fully saturated rings. The molecule has 0 heterocycles. The molecular formula is C24H22F4O2. The van der Waals surface area contributed by atoms with E-state index in [9.17, 15) is 17.6 Å². The van der Waals surface area contributed by atoms with Gasteiger partial charge in [-0.3, -0.25) is 0 Å². The summed E-state index contributed by atoms with van der Waals surface area (Å²) >= 11 is 0. The van der Waals surface area contributed by atoms with Gasteiger partial charge in [0.1, 0.15) is 17.3 Å². The SMILES string of the molecule is CCCCCOc1ccc(-c2ccc(-c3ccc(OC(F)(F)F)cc3)cc2)c(F)c1. The molecule has 0 radical (unpaired) electrons. The molecule has 3 aromatic rings. The predicted molar refractivity (Wildman–Crippen MR) is 109 cm³/mol.